The molecule has 2 heterocycles. The predicted molar refractivity (Wildman–Crippen MR) is 69.9 cm³/mol. The molecule has 2 aromatic rings. The molecule has 0 aromatic carbocycles. The van der Waals surface area contributed by atoms with Crippen molar-refractivity contribution >= 4 is 11.9 Å². The number of aromatic nitrogens is 5. The molecule has 2 aromatic heterocycles. The first kappa shape index (κ1) is 13.2. The lowest BCUT2D eigenvalue weighted by Gasteiger charge is -2.16. The molecule has 100 valence electrons. The maximum absolute atomic E-state index is 8.80. The molecule has 0 bridgehead atoms. The van der Waals surface area contributed by atoms with Crippen LogP contribution in [0.5, 0.6) is 0 Å². The number of hydrogen-bond acceptors (Lipinski definition) is 8. The zero-order valence-electron chi connectivity index (χ0n) is 10.7. The molecule has 0 amide bonds. The Balaban J connectivity index is 2.45. The highest BCUT2D eigenvalue weighted by Gasteiger charge is 2.13. The fourth-order valence-corrected chi connectivity index (χ4v) is 1.47. The Labute approximate surface area is 115 Å². The first-order valence-electron chi connectivity index (χ1n) is 5.69. The molecule has 0 spiro atoms. The van der Waals surface area contributed by atoms with Gasteiger partial charge in [-0.3, -0.25) is 4.57 Å². The van der Waals surface area contributed by atoms with Crippen LogP contribution in [0, 0.1) is 22.7 Å². The first-order valence-corrected chi connectivity index (χ1v) is 5.69. The van der Waals surface area contributed by atoms with Crippen LogP contribution in [0.15, 0.2) is 18.7 Å². The smallest absolute Gasteiger partial charge is 0.241 e. The van der Waals surface area contributed by atoms with E-state index in [1.807, 2.05) is 12.1 Å². The Morgan fingerprint density at radius 1 is 1.25 bits per heavy atom. The summed E-state index contributed by atoms with van der Waals surface area (Å²) in [7, 11) is 1.68. The molecule has 0 saturated heterocycles. The van der Waals surface area contributed by atoms with Crippen molar-refractivity contribution in [3.8, 4) is 18.1 Å². The van der Waals surface area contributed by atoms with Gasteiger partial charge in [-0.2, -0.15) is 25.5 Å². The minimum Gasteiger partial charge on any atom is -0.357 e. The third kappa shape index (κ3) is 2.79. The molecule has 0 aliphatic carbocycles. The molecule has 0 atom stereocenters. The molecule has 20 heavy (non-hydrogen) atoms. The summed E-state index contributed by atoms with van der Waals surface area (Å²) in [6.45, 7) is 0.0359. The highest BCUT2D eigenvalue weighted by molar-refractivity contribution is 5.41. The van der Waals surface area contributed by atoms with Crippen LogP contribution in [-0.2, 0) is 0 Å². The number of rotatable bonds is 5. The molecule has 0 aliphatic rings. The molecule has 0 aliphatic heterocycles. The lowest BCUT2D eigenvalue weighted by Crippen LogP contribution is -2.27. The van der Waals surface area contributed by atoms with Gasteiger partial charge in [0.15, 0.2) is 0 Å². The third-order valence-electron chi connectivity index (χ3n) is 2.38. The van der Waals surface area contributed by atoms with E-state index in [-0.39, 0.29) is 19.0 Å². The van der Waals surface area contributed by atoms with E-state index < -0.39 is 0 Å². The maximum Gasteiger partial charge on any atom is 0.241 e. The van der Waals surface area contributed by atoms with Gasteiger partial charge in [0.2, 0.25) is 17.8 Å². The van der Waals surface area contributed by atoms with E-state index in [0.29, 0.717) is 11.9 Å². The van der Waals surface area contributed by atoms with Gasteiger partial charge in [0.1, 0.15) is 19.4 Å². The van der Waals surface area contributed by atoms with E-state index in [9.17, 15) is 0 Å². The summed E-state index contributed by atoms with van der Waals surface area (Å²) in [5.74, 6) is 0.966. The van der Waals surface area contributed by atoms with Crippen molar-refractivity contribution in [3.05, 3.63) is 18.7 Å². The summed E-state index contributed by atoms with van der Waals surface area (Å²) in [6, 6.07) is 3.96. The van der Waals surface area contributed by atoms with Crippen LogP contribution >= 0.6 is 0 Å². The standard InChI is InChI=1S/C11H11N9/c1-14-9-16-10(19(5-2-12)6-3-13)18-11(17-9)20-7-4-15-8-20/h4,7-8H,5-6H2,1H3,(H,14,16,17,18). The molecule has 9 nitrogen and oxygen atoms in total. The molecule has 9 heteroatoms. The van der Waals surface area contributed by atoms with E-state index >= 15 is 0 Å². The summed E-state index contributed by atoms with van der Waals surface area (Å²) in [5.41, 5.74) is 0. The fourth-order valence-electron chi connectivity index (χ4n) is 1.47. The highest BCUT2D eigenvalue weighted by atomic mass is 15.3. The number of anilines is 2. The molecule has 2 rings (SSSR count). The van der Waals surface area contributed by atoms with Crippen LogP contribution in [-0.4, -0.2) is 44.6 Å². The molecular weight excluding hydrogens is 258 g/mol. The van der Waals surface area contributed by atoms with Crippen molar-refractivity contribution in [1.29, 1.82) is 10.5 Å². The Morgan fingerprint density at radius 3 is 2.55 bits per heavy atom. The quantitative estimate of drug-likeness (QED) is 0.750. The number of nitrogens with zero attached hydrogens (tertiary/aromatic N) is 8. The summed E-state index contributed by atoms with van der Waals surface area (Å²) >= 11 is 0. The minimum atomic E-state index is 0.0180. The number of hydrogen-bond donors (Lipinski definition) is 1. The van der Waals surface area contributed by atoms with Crippen LogP contribution in [0.2, 0.25) is 0 Å². The Morgan fingerprint density at radius 2 is 2.00 bits per heavy atom. The van der Waals surface area contributed by atoms with Crippen LogP contribution in [0.3, 0.4) is 0 Å². The van der Waals surface area contributed by atoms with Gasteiger partial charge in [0.05, 0.1) is 12.1 Å². The second-order valence-electron chi connectivity index (χ2n) is 3.65. The zero-order chi connectivity index (χ0) is 14.4. The van der Waals surface area contributed by atoms with E-state index in [1.54, 1.807) is 30.3 Å². The van der Waals surface area contributed by atoms with Crippen LogP contribution < -0.4 is 10.2 Å². The molecule has 0 saturated carbocycles. The van der Waals surface area contributed by atoms with E-state index in [4.69, 9.17) is 10.5 Å². The summed E-state index contributed by atoms with van der Waals surface area (Å²) in [6.07, 6.45) is 4.85. The topological polar surface area (TPSA) is 119 Å². The van der Waals surface area contributed by atoms with Gasteiger partial charge in [0.25, 0.3) is 0 Å². The second-order valence-corrected chi connectivity index (χ2v) is 3.65. The van der Waals surface area contributed by atoms with E-state index in [1.165, 1.54) is 4.90 Å². The van der Waals surface area contributed by atoms with Crippen molar-refractivity contribution in [2.24, 2.45) is 0 Å². The van der Waals surface area contributed by atoms with Crippen molar-refractivity contribution in [2.45, 2.75) is 0 Å². The van der Waals surface area contributed by atoms with Crippen molar-refractivity contribution in [3.63, 3.8) is 0 Å². The molecule has 0 radical (unpaired) electrons. The van der Waals surface area contributed by atoms with Gasteiger partial charge < -0.3 is 10.2 Å². The number of nitriles is 2. The third-order valence-corrected chi connectivity index (χ3v) is 2.38. The zero-order valence-corrected chi connectivity index (χ0v) is 10.7. The van der Waals surface area contributed by atoms with Gasteiger partial charge in [-0.15, -0.1) is 0 Å². The fraction of sp³-hybridized carbons (Fsp3) is 0.273. The average molecular weight is 269 g/mol. The lowest BCUT2D eigenvalue weighted by atomic mass is 10.5. The molecule has 1 N–H and O–H groups in total. The lowest BCUT2D eigenvalue weighted by molar-refractivity contribution is 0.840. The summed E-state index contributed by atoms with van der Waals surface area (Å²) in [4.78, 5) is 18.0. The molecular formula is C11H11N9. The Kier molecular flexibility index (Phi) is 4.04. The monoisotopic (exact) mass is 269 g/mol. The largest absolute Gasteiger partial charge is 0.357 e. The summed E-state index contributed by atoms with van der Waals surface area (Å²) < 4.78 is 1.61. The number of nitrogens with one attached hydrogen (secondary N) is 1. The Hall–Kier alpha value is -3.20. The van der Waals surface area contributed by atoms with Gasteiger partial charge in [-0.1, -0.05) is 0 Å². The van der Waals surface area contributed by atoms with Gasteiger partial charge >= 0.3 is 0 Å². The SMILES string of the molecule is CNc1nc(N(CC#N)CC#N)nc(-n2ccnc2)n1. The maximum atomic E-state index is 8.80. The Bertz CT molecular complexity index is 634. The van der Waals surface area contributed by atoms with Crippen LogP contribution in [0.4, 0.5) is 11.9 Å². The van der Waals surface area contributed by atoms with Crippen LogP contribution in [0.25, 0.3) is 5.95 Å². The molecule has 0 fully saturated rings. The minimum absolute atomic E-state index is 0.0180. The van der Waals surface area contributed by atoms with E-state index in [0.717, 1.165) is 0 Å². The predicted octanol–water partition coefficient (Wildman–Crippen LogP) is -0.0474. The highest BCUT2D eigenvalue weighted by Crippen LogP contribution is 2.12. The van der Waals surface area contributed by atoms with Gasteiger partial charge in [-0.05, 0) is 0 Å². The van der Waals surface area contributed by atoms with Crippen molar-refractivity contribution in [2.75, 3.05) is 30.4 Å². The van der Waals surface area contributed by atoms with E-state index in [2.05, 4.69) is 25.3 Å². The van der Waals surface area contributed by atoms with Crippen molar-refractivity contribution < 1.29 is 0 Å². The van der Waals surface area contributed by atoms with Crippen molar-refractivity contribution in [1.82, 2.24) is 24.5 Å². The second kappa shape index (κ2) is 6.11. The summed E-state index contributed by atoms with van der Waals surface area (Å²) in [5, 5.41) is 20.4. The molecule has 0 unspecified atom stereocenters. The van der Waals surface area contributed by atoms with Crippen LogP contribution in [0.1, 0.15) is 0 Å². The number of imidazole rings is 1. The van der Waals surface area contributed by atoms with Gasteiger partial charge in [0, 0.05) is 19.4 Å². The average Bonchev–Trinajstić information content (AvgIpc) is 3.01. The normalized spacial score (nSPS) is 9.55. The van der Waals surface area contributed by atoms with Gasteiger partial charge in [-0.25, -0.2) is 4.98 Å². The first-order chi connectivity index (χ1) is 9.78.